The zero-order valence-corrected chi connectivity index (χ0v) is 22.1. The summed E-state index contributed by atoms with van der Waals surface area (Å²) < 4.78 is 28.0. The summed E-state index contributed by atoms with van der Waals surface area (Å²) in [5.41, 5.74) is -0.711. The second-order valence-corrected chi connectivity index (χ2v) is 10.1. The van der Waals surface area contributed by atoms with Crippen molar-refractivity contribution in [3.05, 3.63) is 46.6 Å². The largest absolute Gasteiger partial charge is 0.504 e. The summed E-state index contributed by atoms with van der Waals surface area (Å²) >= 11 is 0. The molecule has 10 atom stereocenters. The molecular weight excluding hydrogens is 580 g/mol. The third kappa shape index (κ3) is 5.85. The van der Waals surface area contributed by atoms with Gasteiger partial charge in [0.15, 0.2) is 28.4 Å². The summed E-state index contributed by atoms with van der Waals surface area (Å²) in [6, 6.07) is 6.97. The van der Waals surface area contributed by atoms with Gasteiger partial charge in [0, 0.05) is 17.7 Å². The molecule has 0 bridgehead atoms. The van der Waals surface area contributed by atoms with E-state index in [1.54, 1.807) is 0 Å². The standard InChI is InChI=1S/C27H30O16/c28-7-17-19(33)21(35)23(37)26(42-17)39-10-4-13(31)11-6-16(41-27-24(38)22(36)20(34)18(8-29)43-27)25(40-15(11)5-10)9-1-2-12(30)14(32)3-9/h1-6,17-24,26-30,32-38H,7-8H2/t17-,18-,19-,20-,21+,22+,23-,24-,26-,27-/m1/s1. The molecule has 10 N–H and O–H groups in total. The number of phenolic OH excluding ortho intramolecular Hbond substituents is 2. The van der Waals surface area contributed by atoms with Crippen LogP contribution in [-0.4, -0.2) is 126 Å². The van der Waals surface area contributed by atoms with Crippen LogP contribution in [0.2, 0.25) is 0 Å². The van der Waals surface area contributed by atoms with Crippen molar-refractivity contribution in [2.75, 3.05) is 13.2 Å². The summed E-state index contributed by atoms with van der Waals surface area (Å²) in [5.74, 6) is -1.76. The van der Waals surface area contributed by atoms with Gasteiger partial charge in [-0.3, -0.25) is 4.79 Å². The third-order valence-electron chi connectivity index (χ3n) is 7.22. The molecule has 0 unspecified atom stereocenters. The average molecular weight is 611 g/mol. The zero-order valence-electron chi connectivity index (χ0n) is 22.1. The Balaban J connectivity index is 1.55. The number of hydrogen-bond acceptors (Lipinski definition) is 16. The maximum Gasteiger partial charge on any atom is 0.229 e. The molecule has 0 amide bonds. The highest BCUT2D eigenvalue weighted by atomic mass is 16.7. The van der Waals surface area contributed by atoms with Gasteiger partial charge in [-0.05, 0) is 24.3 Å². The molecule has 3 heterocycles. The van der Waals surface area contributed by atoms with E-state index in [1.807, 2.05) is 0 Å². The number of phenols is 2. The number of ether oxygens (including phenoxy) is 4. The Morgan fingerprint density at radius 3 is 1.81 bits per heavy atom. The minimum atomic E-state index is -1.81. The fraction of sp³-hybridized carbons (Fsp3) is 0.444. The lowest BCUT2D eigenvalue weighted by Gasteiger charge is -2.39. The first-order valence-corrected chi connectivity index (χ1v) is 13.0. The average Bonchev–Trinajstić information content (AvgIpc) is 2.99. The molecule has 234 valence electrons. The van der Waals surface area contributed by atoms with Gasteiger partial charge in [-0.2, -0.15) is 0 Å². The number of fused-ring (bicyclic) bond motifs is 1. The fourth-order valence-electron chi connectivity index (χ4n) is 4.77. The predicted octanol–water partition coefficient (Wildman–Crippen LogP) is -2.82. The molecule has 0 spiro atoms. The first kappa shape index (κ1) is 30.9. The lowest BCUT2D eigenvalue weighted by molar-refractivity contribution is -0.277. The highest BCUT2D eigenvalue weighted by Crippen LogP contribution is 2.41. The number of aliphatic hydroxyl groups excluding tert-OH is 8. The lowest BCUT2D eigenvalue weighted by atomic mass is 9.99. The second kappa shape index (κ2) is 12.2. The van der Waals surface area contributed by atoms with Crippen LogP contribution in [0.1, 0.15) is 0 Å². The monoisotopic (exact) mass is 610 g/mol. The van der Waals surface area contributed by atoms with Gasteiger partial charge in [0.1, 0.15) is 60.3 Å². The number of aromatic hydroxyl groups is 2. The summed E-state index contributed by atoms with van der Waals surface area (Å²) in [6.45, 7) is -1.43. The molecule has 3 aliphatic heterocycles. The van der Waals surface area contributed by atoms with Gasteiger partial charge in [-0.15, -0.1) is 0 Å². The van der Waals surface area contributed by atoms with Crippen molar-refractivity contribution < 1.29 is 74.4 Å². The summed E-state index contributed by atoms with van der Waals surface area (Å²) in [4.78, 5) is 13.1. The zero-order chi connectivity index (χ0) is 31.2. The van der Waals surface area contributed by atoms with Crippen molar-refractivity contribution in [1.29, 1.82) is 0 Å². The SMILES string of the molecule is O=c1cc(O[C@@H]2O[C@H](CO)[C@@H](O)[C@H](O)[C@H]2O)cc2oc(-c3ccc(O)c(O)c3)c(O[C@@H]3O[C@H](CO)[C@@H](O)[C@H](O)[C@H]3O)cc1-2. The highest BCUT2D eigenvalue weighted by molar-refractivity contribution is 5.73. The third-order valence-corrected chi connectivity index (χ3v) is 7.22. The van der Waals surface area contributed by atoms with E-state index in [2.05, 4.69) is 0 Å². The molecule has 0 aromatic heterocycles. The van der Waals surface area contributed by atoms with E-state index in [4.69, 9.17) is 23.4 Å². The van der Waals surface area contributed by atoms with Gasteiger partial charge in [0.2, 0.25) is 12.6 Å². The first-order valence-electron chi connectivity index (χ1n) is 13.0. The molecule has 1 aliphatic carbocycles. The van der Waals surface area contributed by atoms with E-state index in [0.717, 1.165) is 18.2 Å². The van der Waals surface area contributed by atoms with Crippen LogP contribution in [0.15, 0.2) is 45.6 Å². The van der Waals surface area contributed by atoms with Crippen molar-refractivity contribution in [2.24, 2.45) is 0 Å². The molecule has 4 aliphatic rings. The summed E-state index contributed by atoms with van der Waals surface area (Å²) in [5, 5.41) is 99.9. The molecule has 1 aromatic carbocycles. The molecule has 16 heteroatoms. The molecule has 43 heavy (non-hydrogen) atoms. The number of benzene rings is 2. The van der Waals surface area contributed by atoms with Crippen LogP contribution >= 0.6 is 0 Å². The van der Waals surface area contributed by atoms with Crippen molar-refractivity contribution in [1.82, 2.24) is 0 Å². The van der Waals surface area contributed by atoms with Gasteiger partial charge in [-0.1, -0.05) is 0 Å². The molecule has 2 fully saturated rings. The van der Waals surface area contributed by atoms with Gasteiger partial charge < -0.3 is 74.4 Å². The van der Waals surface area contributed by atoms with Crippen LogP contribution in [-0.2, 0) is 9.47 Å². The topological polar surface area (TPSA) is 269 Å². The van der Waals surface area contributed by atoms with Gasteiger partial charge in [-0.25, -0.2) is 0 Å². The Morgan fingerprint density at radius 1 is 0.674 bits per heavy atom. The van der Waals surface area contributed by atoms with Crippen molar-refractivity contribution in [3.63, 3.8) is 0 Å². The summed E-state index contributed by atoms with van der Waals surface area (Å²) in [6.07, 6.45) is -16.2. The maximum absolute atomic E-state index is 13.1. The van der Waals surface area contributed by atoms with Gasteiger partial charge >= 0.3 is 0 Å². The van der Waals surface area contributed by atoms with E-state index in [1.165, 1.54) is 18.2 Å². The fourth-order valence-corrected chi connectivity index (χ4v) is 4.77. The smallest absolute Gasteiger partial charge is 0.229 e. The lowest BCUT2D eigenvalue weighted by Crippen LogP contribution is -2.60. The van der Waals surface area contributed by atoms with E-state index in [9.17, 15) is 55.9 Å². The molecule has 16 nitrogen and oxygen atoms in total. The highest BCUT2D eigenvalue weighted by Gasteiger charge is 2.46. The molecule has 0 radical (unpaired) electrons. The Labute approximate surface area is 241 Å². The van der Waals surface area contributed by atoms with Crippen LogP contribution in [0.25, 0.3) is 22.6 Å². The normalized spacial score (nSPS) is 32.9. The first-order chi connectivity index (χ1) is 20.4. The quantitative estimate of drug-likeness (QED) is 0.121. The molecular formula is C27H30O16. The maximum atomic E-state index is 13.1. The van der Waals surface area contributed by atoms with Gasteiger partial charge in [0.05, 0.1) is 18.8 Å². The van der Waals surface area contributed by atoms with Crippen LogP contribution in [0.5, 0.6) is 23.0 Å². The van der Waals surface area contributed by atoms with E-state index in [-0.39, 0.29) is 34.1 Å². The van der Waals surface area contributed by atoms with Crippen LogP contribution in [0.3, 0.4) is 0 Å². The number of aliphatic hydroxyl groups is 8. The Bertz CT molecular complexity index is 1460. The predicted molar refractivity (Wildman–Crippen MR) is 139 cm³/mol. The number of hydrogen-bond donors (Lipinski definition) is 10. The van der Waals surface area contributed by atoms with Crippen LogP contribution in [0, 0.1) is 0 Å². The number of rotatable bonds is 7. The Morgan fingerprint density at radius 2 is 1.26 bits per heavy atom. The Kier molecular flexibility index (Phi) is 8.77. The minimum absolute atomic E-state index is 0.101. The van der Waals surface area contributed by atoms with E-state index in [0.29, 0.717) is 0 Å². The van der Waals surface area contributed by atoms with E-state index >= 15 is 0 Å². The van der Waals surface area contributed by atoms with E-state index < -0.39 is 91.6 Å². The second-order valence-electron chi connectivity index (χ2n) is 10.1. The van der Waals surface area contributed by atoms with Crippen molar-refractivity contribution >= 4 is 0 Å². The van der Waals surface area contributed by atoms with Crippen molar-refractivity contribution in [2.45, 2.75) is 61.4 Å². The van der Waals surface area contributed by atoms with Crippen molar-refractivity contribution in [3.8, 4) is 45.6 Å². The Hall–Kier alpha value is -3.55. The summed E-state index contributed by atoms with van der Waals surface area (Å²) in [7, 11) is 0. The molecule has 2 saturated heterocycles. The van der Waals surface area contributed by atoms with Crippen LogP contribution < -0.4 is 14.9 Å². The molecule has 0 saturated carbocycles. The minimum Gasteiger partial charge on any atom is -0.504 e. The molecule has 1 aromatic rings. The van der Waals surface area contributed by atoms with Gasteiger partial charge in [0.25, 0.3) is 0 Å². The van der Waals surface area contributed by atoms with Crippen LogP contribution in [0.4, 0.5) is 0 Å². The molecule has 5 rings (SSSR count).